The van der Waals surface area contributed by atoms with Crippen LogP contribution in [0, 0.1) is 6.92 Å². The summed E-state index contributed by atoms with van der Waals surface area (Å²) in [4.78, 5) is 6.47. The maximum Gasteiger partial charge on any atom is 0.228 e. The first-order valence-corrected chi connectivity index (χ1v) is 13.3. The van der Waals surface area contributed by atoms with E-state index < -0.39 is 9.84 Å². The van der Waals surface area contributed by atoms with Crippen LogP contribution in [0.3, 0.4) is 0 Å². The summed E-state index contributed by atoms with van der Waals surface area (Å²) in [5.41, 5.74) is 3.59. The Balaban J connectivity index is 1.67. The van der Waals surface area contributed by atoms with E-state index in [1.54, 1.807) is 6.20 Å². The van der Waals surface area contributed by atoms with Gasteiger partial charge in [0.25, 0.3) is 0 Å². The van der Waals surface area contributed by atoms with Gasteiger partial charge in [0.15, 0.2) is 5.11 Å². The highest BCUT2D eigenvalue weighted by molar-refractivity contribution is 7.90. The zero-order chi connectivity index (χ0) is 23.4. The summed E-state index contributed by atoms with van der Waals surface area (Å²) in [6.07, 6.45) is 3.96. The minimum Gasteiger partial charge on any atom is -0.360 e. The minimum absolute atomic E-state index is 0.0793. The molecular weight excluding hydrogens is 452 g/mol. The van der Waals surface area contributed by atoms with Crippen molar-refractivity contribution < 1.29 is 8.42 Å². The average molecular weight is 483 g/mol. The van der Waals surface area contributed by atoms with Crippen molar-refractivity contribution in [3.8, 4) is 0 Å². The molecule has 8 heteroatoms. The average Bonchev–Trinajstić information content (AvgIpc) is 3.52. The quantitative estimate of drug-likeness (QED) is 0.464. The molecule has 1 fully saturated rings. The van der Waals surface area contributed by atoms with Gasteiger partial charge in [0.05, 0.1) is 30.7 Å². The topological polar surface area (TPSA) is 67.2 Å². The lowest BCUT2D eigenvalue weighted by Crippen LogP contribution is -2.40. The summed E-state index contributed by atoms with van der Waals surface area (Å²) in [6.45, 7) is 5.63. The smallest absolute Gasteiger partial charge is 0.228 e. The molecule has 0 saturated heterocycles. The van der Waals surface area contributed by atoms with Gasteiger partial charge in [-0.2, -0.15) is 0 Å². The van der Waals surface area contributed by atoms with Crippen LogP contribution < -0.4 is 5.32 Å². The second kappa shape index (κ2) is 10.1. The number of benzene rings is 2. The van der Waals surface area contributed by atoms with Crippen molar-refractivity contribution in [2.75, 3.05) is 6.54 Å². The summed E-state index contributed by atoms with van der Waals surface area (Å²) in [5, 5.41) is 4.18. The van der Waals surface area contributed by atoms with Crippen LogP contribution in [0.15, 0.2) is 66.0 Å². The molecule has 0 spiro atoms. The van der Waals surface area contributed by atoms with E-state index in [9.17, 15) is 8.42 Å². The van der Waals surface area contributed by atoms with Gasteiger partial charge in [0, 0.05) is 12.6 Å². The van der Waals surface area contributed by atoms with Gasteiger partial charge in [-0.25, -0.2) is 13.4 Å². The van der Waals surface area contributed by atoms with Crippen LogP contribution >= 0.6 is 12.2 Å². The number of nitrogens with zero attached hydrogens (tertiary/aromatic N) is 3. The van der Waals surface area contributed by atoms with E-state index in [1.165, 1.54) is 0 Å². The van der Waals surface area contributed by atoms with Crippen LogP contribution in [-0.4, -0.2) is 40.6 Å². The second-order valence-electron chi connectivity index (χ2n) is 8.53. The molecule has 0 aliphatic heterocycles. The number of aryl methyl sites for hydroxylation is 1. The molecule has 1 heterocycles. The van der Waals surface area contributed by atoms with E-state index in [-0.39, 0.29) is 10.9 Å². The summed E-state index contributed by atoms with van der Waals surface area (Å²) >= 11 is 5.61. The molecular formula is C25H30N4O2S2. The SMILES string of the molecule is CCN(Cc1cnc(S(=O)(=O)Cc2ccccc2C)n1Cc1ccccc1)C(=S)NC1CC1. The van der Waals surface area contributed by atoms with E-state index in [0.29, 0.717) is 24.2 Å². The summed E-state index contributed by atoms with van der Waals surface area (Å²) in [6, 6.07) is 17.9. The lowest BCUT2D eigenvalue weighted by molar-refractivity contribution is 0.409. The fraction of sp³-hybridized carbons (Fsp3) is 0.360. The molecule has 3 aromatic rings. The molecule has 174 valence electrons. The van der Waals surface area contributed by atoms with Crippen molar-refractivity contribution in [3.63, 3.8) is 0 Å². The van der Waals surface area contributed by atoms with Crippen LogP contribution in [0.5, 0.6) is 0 Å². The highest BCUT2D eigenvalue weighted by Crippen LogP contribution is 2.23. The lowest BCUT2D eigenvalue weighted by Gasteiger charge is -2.25. The molecule has 2 aromatic carbocycles. The zero-order valence-corrected chi connectivity index (χ0v) is 20.7. The zero-order valence-electron chi connectivity index (χ0n) is 19.1. The molecule has 0 atom stereocenters. The van der Waals surface area contributed by atoms with Gasteiger partial charge in [0.2, 0.25) is 15.0 Å². The molecule has 1 aliphatic rings. The number of nitrogens with one attached hydrogen (secondary N) is 1. The molecule has 6 nitrogen and oxygen atoms in total. The second-order valence-corrected chi connectivity index (χ2v) is 10.8. The molecule has 0 radical (unpaired) electrons. The molecule has 1 saturated carbocycles. The molecule has 33 heavy (non-hydrogen) atoms. The first-order valence-electron chi connectivity index (χ1n) is 11.3. The molecule has 0 unspecified atom stereocenters. The predicted molar refractivity (Wildman–Crippen MR) is 135 cm³/mol. The van der Waals surface area contributed by atoms with Crippen molar-refractivity contribution in [2.45, 2.75) is 56.7 Å². The Bertz CT molecular complexity index is 1220. The van der Waals surface area contributed by atoms with Crippen molar-refractivity contribution in [2.24, 2.45) is 0 Å². The van der Waals surface area contributed by atoms with Crippen LogP contribution in [0.2, 0.25) is 0 Å². The van der Waals surface area contributed by atoms with Gasteiger partial charge in [-0.15, -0.1) is 0 Å². The molecule has 1 aromatic heterocycles. The predicted octanol–water partition coefficient (Wildman–Crippen LogP) is 4.07. The molecule has 1 aliphatic carbocycles. The first kappa shape index (κ1) is 23.4. The van der Waals surface area contributed by atoms with Gasteiger partial charge in [-0.05, 0) is 55.6 Å². The van der Waals surface area contributed by atoms with E-state index in [2.05, 4.69) is 22.1 Å². The van der Waals surface area contributed by atoms with Crippen LogP contribution in [0.4, 0.5) is 0 Å². The van der Waals surface area contributed by atoms with Crippen LogP contribution in [0.1, 0.15) is 42.1 Å². The maximum absolute atomic E-state index is 13.5. The Morgan fingerprint density at radius 3 is 2.52 bits per heavy atom. The Morgan fingerprint density at radius 2 is 1.85 bits per heavy atom. The highest BCUT2D eigenvalue weighted by atomic mass is 32.2. The Morgan fingerprint density at radius 1 is 1.15 bits per heavy atom. The minimum atomic E-state index is -3.65. The van der Waals surface area contributed by atoms with Crippen LogP contribution in [-0.2, 0) is 28.7 Å². The summed E-state index contributed by atoms with van der Waals surface area (Å²) < 4.78 is 28.8. The summed E-state index contributed by atoms with van der Waals surface area (Å²) in [5.74, 6) is -0.0793. The number of rotatable bonds is 9. The number of sulfone groups is 1. The Kier molecular flexibility index (Phi) is 7.14. The third-order valence-electron chi connectivity index (χ3n) is 5.90. The number of hydrogen-bond acceptors (Lipinski definition) is 4. The maximum atomic E-state index is 13.5. The van der Waals surface area contributed by atoms with Crippen molar-refractivity contribution in [3.05, 3.63) is 83.2 Å². The van der Waals surface area contributed by atoms with Gasteiger partial charge >= 0.3 is 0 Å². The largest absolute Gasteiger partial charge is 0.360 e. The standard InChI is InChI=1S/C25H30N4O2S2/c1-3-28(24(32)27-22-13-14-22)17-23-15-26-25(29(23)16-20-10-5-4-6-11-20)33(30,31)18-21-12-8-7-9-19(21)2/h4-12,15,22H,3,13-14,16-18H2,1-2H3,(H,27,32). The van der Waals surface area contributed by atoms with Gasteiger partial charge in [-0.1, -0.05) is 54.6 Å². The van der Waals surface area contributed by atoms with Crippen molar-refractivity contribution in [1.29, 1.82) is 0 Å². The van der Waals surface area contributed by atoms with Gasteiger partial charge < -0.3 is 14.8 Å². The fourth-order valence-corrected chi connectivity index (χ4v) is 5.71. The Hall–Kier alpha value is -2.71. The van der Waals surface area contributed by atoms with Crippen molar-refractivity contribution in [1.82, 2.24) is 19.8 Å². The third kappa shape index (κ3) is 5.81. The van der Waals surface area contributed by atoms with E-state index in [4.69, 9.17) is 12.2 Å². The molecule has 1 N–H and O–H groups in total. The first-order chi connectivity index (χ1) is 15.9. The third-order valence-corrected chi connectivity index (χ3v) is 7.85. The number of aromatic nitrogens is 2. The van der Waals surface area contributed by atoms with Crippen LogP contribution in [0.25, 0.3) is 0 Å². The van der Waals surface area contributed by atoms with Gasteiger partial charge in [0.1, 0.15) is 0 Å². The number of thiocarbonyl (C=S) groups is 1. The fourth-order valence-electron chi connectivity index (χ4n) is 3.76. The van der Waals surface area contributed by atoms with E-state index >= 15 is 0 Å². The Labute approximate surface area is 201 Å². The summed E-state index contributed by atoms with van der Waals surface area (Å²) in [7, 11) is -3.65. The number of hydrogen-bond donors (Lipinski definition) is 1. The highest BCUT2D eigenvalue weighted by Gasteiger charge is 2.27. The lowest BCUT2D eigenvalue weighted by atomic mass is 10.1. The molecule has 4 rings (SSSR count). The van der Waals surface area contributed by atoms with Gasteiger partial charge in [-0.3, -0.25) is 0 Å². The van der Waals surface area contributed by atoms with E-state index in [1.807, 2.05) is 66.1 Å². The normalized spacial score (nSPS) is 13.6. The van der Waals surface area contributed by atoms with E-state index in [0.717, 1.165) is 41.8 Å². The number of imidazole rings is 1. The molecule has 0 bridgehead atoms. The van der Waals surface area contributed by atoms with Crippen molar-refractivity contribution >= 4 is 27.2 Å². The monoisotopic (exact) mass is 482 g/mol. The molecule has 0 amide bonds.